The van der Waals surface area contributed by atoms with Gasteiger partial charge in [0, 0.05) is 38.3 Å². The Morgan fingerprint density at radius 1 is 1.24 bits per heavy atom. The van der Waals surface area contributed by atoms with Crippen molar-refractivity contribution >= 4 is 11.8 Å². The van der Waals surface area contributed by atoms with E-state index in [-0.39, 0.29) is 11.4 Å². The van der Waals surface area contributed by atoms with Gasteiger partial charge in [-0.25, -0.2) is 4.39 Å². The lowest BCUT2D eigenvalue weighted by atomic mass is 9.80. The summed E-state index contributed by atoms with van der Waals surface area (Å²) in [5, 5.41) is 23.7. The fraction of sp³-hybridized carbons (Fsp3) is 0.464. The number of rotatable bonds is 6. The number of amidine groups is 1. The lowest BCUT2D eigenvalue weighted by Gasteiger charge is -2.45. The van der Waals surface area contributed by atoms with E-state index >= 15 is 0 Å². The summed E-state index contributed by atoms with van der Waals surface area (Å²) in [6.45, 7) is 7.56. The van der Waals surface area contributed by atoms with Crippen LogP contribution in [0.15, 0.2) is 41.6 Å². The zero-order chi connectivity index (χ0) is 26.2. The van der Waals surface area contributed by atoms with Crippen LogP contribution in [0.25, 0.3) is 11.1 Å². The Morgan fingerprint density at radius 2 is 1.95 bits per heavy atom. The number of nitriles is 1. The number of halogens is 1. The summed E-state index contributed by atoms with van der Waals surface area (Å²) in [7, 11) is 0. The van der Waals surface area contributed by atoms with Crippen molar-refractivity contribution < 1.29 is 23.9 Å². The van der Waals surface area contributed by atoms with Crippen LogP contribution in [-0.4, -0.2) is 65.1 Å². The highest BCUT2D eigenvalue weighted by Gasteiger charge is 2.51. The van der Waals surface area contributed by atoms with Crippen molar-refractivity contribution in [3.05, 3.63) is 53.3 Å². The molecule has 0 amide bonds. The molecule has 1 N–H and O–H groups in total. The van der Waals surface area contributed by atoms with E-state index in [2.05, 4.69) is 21.0 Å². The summed E-state index contributed by atoms with van der Waals surface area (Å²) in [6, 6.07) is 12.2. The minimum absolute atomic E-state index is 0.330. The highest BCUT2D eigenvalue weighted by Crippen LogP contribution is 2.39. The van der Waals surface area contributed by atoms with Gasteiger partial charge in [0.1, 0.15) is 17.4 Å². The maximum Gasteiger partial charge on any atom is 0.309 e. The van der Waals surface area contributed by atoms with Gasteiger partial charge in [-0.15, -0.1) is 0 Å². The summed E-state index contributed by atoms with van der Waals surface area (Å²) in [6.07, 6.45) is 1.90. The first-order chi connectivity index (χ1) is 17.7. The molecule has 5 rings (SSSR count). The van der Waals surface area contributed by atoms with E-state index in [0.717, 1.165) is 17.0 Å². The van der Waals surface area contributed by atoms with Crippen LogP contribution in [0.4, 0.5) is 4.39 Å². The number of nitrogens with zero attached hydrogens (tertiary/aromatic N) is 4. The van der Waals surface area contributed by atoms with Crippen molar-refractivity contribution in [2.45, 2.75) is 45.3 Å². The van der Waals surface area contributed by atoms with E-state index in [9.17, 15) is 19.6 Å². The predicted molar refractivity (Wildman–Crippen MR) is 135 cm³/mol. The first kappa shape index (κ1) is 25.0. The predicted octanol–water partition coefficient (Wildman–Crippen LogP) is 4.24. The van der Waals surface area contributed by atoms with E-state index in [1.54, 1.807) is 12.1 Å². The van der Waals surface area contributed by atoms with Crippen molar-refractivity contribution in [2.75, 3.05) is 32.8 Å². The van der Waals surface area contributed by atoms with Crippen molar-refractivity contribution in [1.82, 2.24) is 9.80 Å². The number of oxime groups is 1. The molecule has 1 spiro atoms. The number of benzene rings is 2. The second kappa shape index (κ2) is 9.67. The summed E-state index contributed by atoms with van der Waals surface area (Å²) in [4.78, 5) is 21.8. The Hall–Kier alpha value is -3.64. The number of aliphatic carboxylic acids is 1. The fourth-order valence-corrected chi connectivity index (χ4v) is 5.49. The highest BCUT2D eigenvalue weighted by atomic mass is 19.1. The average molecular weight is 507 g/mol. The molecule has 2 aromatic rings. The van der Waals surface area contributed by atoms with Gasteiger partial charge in [-0.3, -0.25) is 9.69 Å². The molecule has 194 valence electrons. The molecule has 2 fully saturated rings. The Kier molecular flexibility index (Phi) is 6.54. The smallest absolute Gasteiger partial charge is 0.309 e. The van der Waals surface area contributed by atoms with Gasteiger partial charge in [0.05, 0.1) is 30.1 Å². The summed E-state index contributed by atoms with van der Waals surface area (Å²) in [5.74, 6) is 0.449. The van der Waals surface area contributed by atoms with E-state index in [4.69, 9.17) is 9.57 Å². The average Bonchev–Trinajstić information content (AvgIpc) is 3.30. The summed E-state index contributed by atoms with van der Waals surface area (Å²) < 4.78 is 19.4. The van der Waals surface area contributed by atoms with Crippen molar-refractivity contribution in [3.63, 3.8) is 0 Å². The Bertz CT molecular complexity index is 1260. The number of piperidine rings is 1. The van der Waals surface area contributed by atoms with E-state index in [0.29, 0.717) is 75.5 Å². The molecule has 0 bridgehead atoms. The maximum atomic E-state index is 13.5. The molecular formula is C28H31FN4O4. The second-order valence-corrected chi connectivity index (χ2v) is 10.5. The maximum absolute atomic E-state index is 13.5. The third kappa shape index (κ3) is 4.86. The monoisotopic (exact) mass is 506 g/mol. The van der Waals surface area contributed by atoms with Crippen LogP contribution in [0, 0.1) is 22.6 Å². The molecule has 0 aromatic heterocycles. The molecule has 0 unspecified atom stereocenters. The minimum Gasteiger partial charge on any atom is -0.493 e. The third-order valence-electron chi connectivity index (χ3n) is 7.72. The molecule has 3 heterocycles. The minimum atomic E-state index is -0.736. The molecule has 2 saturated heterocycles. The quantitative estimate of drug-likeness (QED) is 0.626. The van der Waals surface area contributed by atoms with Crippen LogP contribution >= 0.6 is 0 Å². The van der Waals surface area contributed by atoms with Crippen LogP contribution in [0.1, 0.15) is 44.2 Å². The molecule has 37 heavy (non-hydrogen) atoms. The normalized spacial score (nSPS) is 20.1. The van der Waals surface area contributed by atoms with Crippen molar-refractivity contribution in [2.24, 2.45) is 10.6 Å². The van der Waals surface area contributed by atoms with Gasteiger partial charge < -0.3 is 19.6 Å². The Morgan fingerprint density at radius 3 is 2.57 bits per heavy atom. The van der Waals surface area contributed by atoms with Gasteiger partial charge in [0.25, 0.3) is 0 Å². The number of carboxylic acid groups (broad SMARTS) is 1. The zero-order valence-corrected chi connectivity index (χ0v) is 21.2. The molecule has 8 nitrogen and oxygen atoms in total. The molecular weight excluding hydrogens is 475 g/mol. The number of likely N-dealkylation sites (tertiary alicyclic amines) is 2. The van der Waals surface area contributed by atoms with Crippen LogP contribution < -0.4 is 4.74 Å². The van der Waals surface area contributed by atoms with Gasteiger partial charge in [0.15, 0.2) is 5.60 Å². The van der Waals surface area contributed by atoms with Gasteiger partial charge in [-0.1, -0.05) is 17.3 Å². The van der Waals surface area contributed by atoms with Gasteiger partial charge in [-0.2, -0.15) is 5.26 Å². The largest absolute Gasteiger partial charge is 0.493 e. The first-order valence-corrected chi connectivity index (χ1v) is 12.7. The Labute approximate surface area is 215 Å². The van der Waals surface area contributed by atoms with Crippen LogP contribution in [0.2, 0.25) is 0 Å². The molecule has 3 aliphatic heterocycles. The number of carboxylic acids is 1. The van der Waals surface area contributed by atoms with Gasteiger partial charge in [0.2, 0.25) is 0 Å². The molecule has 0 saturated carbocycles. The molecule has 0 aliphatic carbocycles. The van der Waals surface area contributed by atoms with Crippen molar-refractivity contribution in [3.8, 4) is 22.9 Å². The van der Waals surface area contributed by atoms with Crippen LogP contribution in [0.5, 0.6) is 5.75 Å². The first-order valence-electron chi connectivity index (χ1n) is 12.7. The highest BCUT2D eigenvalue weighted by molar-refractivity contribution is 5.85. The van der Waals surface area contributed by atoms with Gasteiger partial charge >= 0.3 is 5.97 Å². The summed E-state index contributed by atoms with van der Waals surface area (Å²) in [5.41, 5.74) is 1.84. The third-order valence-corrected chi connectivity index (χ3v) is 7.72. The van der Waals surface area contributed by atoms with E-state index in [1.807, 2.05) is 26.0 Å². The van der Waals surface area contributed by atoms with Crippen molar-refractivity contribution in [1.29, 1.82) is 5.26 Å². The SMILES string of the molecule is CCOc1cc(CN2CC3(CC(N4CCC(C)(C(=O)O)CC4)=NO3)C2)cc(C#N)c1-c1ccc(F)cc1. The number of carbonyl (C=O) groups is 1. The van der Waals surface area contributed by atoms with E-state index < -0.39 is 11.4 Å². The van der Waals surface area contributed by atoms with Gasteiger partial charge in [-0.05, 0) is 62.1 Å². The molecule has 0 radical (unpaired) electrons. The lowest BCUT2D eigenvalue weighted by molar-refractivity contribution is -0.150. The topological polar surface area (TPSA) is 98.4 Å². The zero-order valence-electron chi connectivity index (χ0n) is 21.2. The number of hydrogen-bond donors (Lipinski definition) is 1. The number of ether oxygens (including phenoxy) is 1. The summed E-state index contributed by atoms with van der Waals surface area (Å²) >= 11 is 0. The van der Waals surface area contributed by atoms with E-state index in [1.165, 1.54) is 12.1 Å². The molecule has 9 heteroatoms. The Balaban J connectivity index is 1.23. The second-order valence-electron chi connectivity index (χ2n) is 10.5. The molecule has 2 aromatic carbocycles. The lowest BCUT2D eigenvalue weighted by Crippen LogP contribution is -2.61. The molecule has 3 aliphatic rings. The fourth-order valence-electron chi connectivity index (χ4n) is 5.49. The number of hydrogen-bond acceptors (Lipinski definition) is 7. The van der Waals surface area contributed by atoms with Crippen LogP contribution in [-0.2, 0) is 16.2 Å². The standard InChI is InChI=1S/C28H31FN4O4/c1-3-36-23-13-19(12-21(15-30)25(23)20-4-6-22(29)7-5-20)16-32-17-28(18-32)14-24(31-37-28)33-10-8-27(2,9-11-33)26(34)35/h4-7,12-13H,3,8-11,14,16-18H2,1-2H3,(H,34,35). The molecule has 0 atom stereocenters. The van der Waals surface area contributed by atoms with Crippen LogP contribution in [0.3, 0.4) is 0 Å².